The second-order valence-electron chi connectivity index (χ2n) is 3.90. The number of halogens is 1. The largest absolute Gasteiger partial charge is 0.478 e. The van der Waals surface area contributed by atoms with Gasteiger partial charge in [0.1, 0.15) is 6.61 Å². The highest BCUT2D eigenvalue weighted by Crippen LogP contribution is 2.25. The van der Waals surface area contributed by atoms with Crippen LogP contribution in [0, 0.1) is 0 Å². The Labute approximate surface area is 127 Å². The molecule has 1 N–H and O–H groups in total. The maximum absolute atomic E-state index is 11.8. The van der Waals surface area contributed by atoms with Crippen LogP contribution in [0.15, 0.2) is 27.6 Å². The lowest BCUT2D eigenvalue weighted by Crippen LogP contribution is -2.32. The molecule has 0 atom stereocenters. The van der Waals surface area contributed by atoms with E-state index >= 15 is 0 Å². The smallest absolute Gasteiger partial charge is 0.416 e. The van der Waals surface area contributed by atoms with Crippen molar-refractivity contribution in [2.75, 3.05) is 18.9 Å². The molecule has 0 saturated carbocycles. The van der Waals surface area contributed by atoms with E-state index in [-0.39, 0.29) is 30.4 Å². The van der Waals surface area contributed by atoms with Crippen molar-refractivity contribution in [2.45, 2.75) is 4.90 Å². The molecule has 106 valence electrons. The van der Waals surface area contributed by atoms with Crippen molar-refractivity contribution in [3.8, 4) is 0 Å². The number of ether oxygens (including phenoxy) is 1. The first-order valence-electron chi connectivity index (χ1n) is 5.62. The summed E-state index contributed by atoms with van der Waals surface area (Å²) in [5.74, 6) is -1.35. The number of thioether (sulfide) groups is 1. The predicted octanol–water partition coefficient (Wildman–Crippen LogP) is 2.22. The number of carboxylic acid groups (broad SMARTS) is 1. The molecule has 1 aromatic rings. The van der Waals surface area contributed by atoms with Crippen molar-refractivity contribution in [2.24, 2.45) is 0 Å². The average Bonchev–Trinajstić information content (AvgIpc) is 2.83. The second-order valence-corrected chi connectivity index (χ2v) is 5.80. The van der Waals surface area contributed by atoms with E-state index in [1.54, 1.807) is 12.1 Å². The second kappa shape index (κ2) is 6.27. The number of hydrogen-bond acceptors (Lipinski definition) is 5. The molecule has 0 spiro atoms. The lowest BCUT2D eigenvalue weighted by atomic mass is 10.2. The molecular weight excluding hydrogens is 350 g/mol. The van der Waals surface area contributed by atoms with Crippen LogP contribution in [-0.2, 0) is 9.53 Å². The normalized spacial score (nSPS) is 14.2. The quantitative estimate of drug-likeness (QED) is 0.829. The van der Waals surface area contributed by atoms with Gasteiger partial charge in [-0.15, -0.1) is 11.8 Å². The standard InChI is InChI=1S/C12H10BrNO5S/c13-9-2-1-7(5-8(9)11(16)17)20-6-10(15)14-3-4-19-12(14)18/h1-2,5H,3-4,6H2,(H,16,17). The molecule has 6 nitrogen and oxygen atoms in total. The van der Waals surface area contributed by atoms with Gasteiger partial charge in [0.25, 0.3) is 0 Å². The molecule has 1 aliphatic rings. The van der Waals surface area contributed by atoms with E-state index in [0.29, 0.717) is 9.37 Å². The topological polar surface area (TPSA) is 83.9 Å². The van der Waals surface area contributed by atoms with Crippen LogP contribution in [0.3, 0.4) is 0 Å². The van der Waals surface area contributed by atoms with E-state index in [1.165, 1.54) is 17.8 Å². The maximum atomic E-state index is 11.8. The number of amides is 2. The third-order valence-corrected chi connectivity index (χ3v) is 4.26. The van der Waals surface area contributed by atoms with Gasteiger partial charge in [-0.2, -0.15) is 0 Å². The number of hydrogen-bond donors (Lipinski definition) is 1. The van der Waals surface area contributed by atoms with Gasteiger partial charge in [0, 0.05) is 9.37 Å². The zero-order valence-corrected chi connectivity index (χ0v) is 12.6. The molecule has 1 aliphatic heterocycles. The van der Waals surface area contributed by atoms with Crippen LogP contribution in [-0.4, -0.2) is 46.9 Å². The SMILES string of the molecule is O=C(O)c1cc(SCC(=O)N2CCOC2=O)ccc1Br. The molecule has 0 unspecified atom stereocenters. The molecule has 2 rings (SSSR count). The van der Waals surface area contributed by atoms with E-state index in [2.05, 4.69) is 20.7 Å². The van der Waals surface area contributed by atoms with Gasteiger partial charge < -0.3 is 9.84 Å². The lowest BCUT2D eigenvalue weighted by molar-refractivity contribution is -0.125. The fraction of sp³-hybridized carbons (Fsp3) is 0.250. The number of rotatable bonds is 4. The summed E-state index contributed by atoms with van der Waals surface area (Å²) in [6.45, 7) is 0.482. The summed E-state index contributed by atoms with van der Waals surface area (Å²) in [7, 11) is 0. The molecule has 1 saturated heterocycles. The molecule has 8 heteroatoms. The highest BCUT2D eigenvalue weighted by Gasteiger charge is 2.28. The highest BCUT2D eigenvalue weighted by molar-refractivity contribution is 9.10. The van der Waals surface area contributed by atoms with E-state index in [4.69, 9.17) is 5.11 Å². The number of aromatic carboxylic acids is 1. The van der Waals surface area contributed by atoms with Gasteiger partial charge in [-0.25, -0.2) is 14.5 Å². The summed E-state index contributed by atoms with van der Waals surface area (Å²) < 4.78 is 5.15. The molecular formula is C12H10BrNO5S. The van der Waals surface area contributed by atoms with Crippen LogP contribution in [0.25, 0.3) is 0 Å². The fourth-order valence-electron chi connectivity index (χ4n) is 1.60. The minimum absolute atomic E-state index is 0.0514. The van der Waals surface area contributed by atoms with E-state index in [1.807, 2.05) is 0 Å². The van der Waals surface area contributed by atoms with Gasteiger partial charge in [-0.3, -0.25) is 4.79 Å². The molecule has 20 heavy (non-hydrogen) atoms. The lowest BCUT2D eigenvalue weighted by Gasteiger charge is -2.10. The van der Waals surface area contributed by atoms with Crippen LogP contribution in [0.2, 0.25) is 0 Å². The number of cyclic esters (lactones) is 1. The highest BCUT2D eigenvalue weighted by atomic mass is 79.9. The van der Waals surface area contributed by atoms with Crippen molar-refractivity contribution in [1.29, 1.82) is 0 Å². The third kappa shape index (κ3) is 3.31. The minimum atomic E-state index is -1.05. The number of carbonyl (C=O) groups is 3. The van der Waals surface area contributed by atoms with Crippen LogP contribution in [0.4, 0.5) is 4.79 Å². The number of carboxylic acids is 1. The van der Waals surface area contributed by atoms with Crippen LogP contribution in [0.1, 0.15) is 10.4 Å². The Kier molecular flexibility index (Phi) is 4.66. The molecule has 2 amide bonds. The van der Waals surface area contributed by atoms with Gasteiger partial charge in [0.05, 0.1) is 17.9 Å². The number of carbonyl (C=O) groups excluding carboxylic acids is 2. The third-order valence-electron chi connectivity index (χ3n) is 2.59. The summed E-state index contributed by atoms with van der Waals surface area (Å²) in [5.41, 5.74) is 0.128. The first kappa shape index (κ1) is 14.9. The molecule has 0 aliphatic carbocycles. The van der Waals surface area contributed by atoms with Crippen molar-refractivity contribution in [3.63, 3.8) is 0 Å². The summed E-state index contributed by atoms with van der Waals surface area (Å²) in [6.07, 6.45) is -0.627. The summed E-state index contributed by atoms with van der Waals surface area (Å²) >= 11 is 4.32. The Balaban J connectivity index is 2.00. The fourth-order valence-corrected chi connectivity index (χ4v) is 2.83. The van der Waals surface area contributed by atoms with Crippen LogP contribution >= 0.6 is 27.7 Å². The number of benzene rings is 1. The molecule has 0 radical (unpaired) electrons. The number of imide groups is 1. The number of nitrogens with zero attached hydrogens (tertiary/aromatic N) is 1. The average molecular weight is 360 g/mol. The van der Waals surface area contributed by atoms with Crippen LogP contribution < -0.4 is 0 Å². The Morgan fingerprint density at radius 1 is 1.45 bits per heavy atom. The molecule has 1 heterocycles. The van der Waals surface area contributed by atoms with Gasteiger partial charge in [0.15, 0.2) is 0 Å². The zero-order chi connectivity index (χ0) is 14.7. The maximum Gasteiger partial charge on any atom is 0.416 e. The van der Waals surface area contributed by atoms with Crippen molar-refractivity contribution in [1.82, 2.24) is 4.90 Å². The summed E-state index contributed by atoms with van der Waals surface area (Å²) in [6, 6.07) is 4.80. The first-order valence-corrected chi connectivity index (χ1v) is 7.39. The first-order chi connectivity index (χ1) is 9.49. The molecule has 1 aromatic carbocycles. The van der Waals surface area contributed by atoms with E-state index < -0.39 is 12.1 Å². The molecule has 1 fully saturated rings. The van der Waals surface area contributed by atoms with E-state index in [0.717, 1.165) is 4.90 Å². The van der Waals surface area contributed by atoms with E-state index in [9.17, 15) is 14.4 Å². The van der Waals surface area contributed by atoms with Gasteiger partial charge in [-0.1, -0.05) is 0 Å². The van der Waals surface area contributed by atoms with Gasteiger partial charge in [0.2, 0.25) is 5.91 Å². The zero-order valence-electron chi connectivity index (χ0n) is 10.2. The van der Waals surface area contributed by atoms with Gasteiger partial charge in [-0.05, 0) is 34.1 Å². The van der Waals surface area contributed by atoms with Crippen molar-refractivity contribution < 1.29 is 24.2 Å². The van der Waals surface area contributed by atoms with Crippen molar-refractivity contribution in [3.05, 3.63) is 28.2 Å². The minimum Gasteiger partial charge on any atom is -0.478 e. The Hall–Kier alpha value is -1.54. The van der Waals surface area contributed by atoms with Gasteiger partial charge >= 0.3 is 12.1 Å². The molecule has 0 bridgehead atoms. The monoisotopic (exact) mass is 359 g/mol. The Morgan fingerprint density at radius 3 is 2.80 bits per heavy atom. The summed E-state index contributed by atoms with van der Waals surface area (Å²) in [5, 5.41) is 9.00. The Bertz CT molecular complexity index is 577. The Morgan fingerprint density at radius 2 is 2.20 bits per heavy atom. The van der Waals surface area contributed by atoms with Crippen LogP contribution in [0.5, 0.6) is 0 Å². The predicted molar refractivity (Wildman–Crippen MR) is 74.9 cm³/mol. The molecule has 0 aromatic heterocycles. The summed E-state index contributed by atoms with van der Waals surface area (Å²) in [4.78, 5) is 35.7. The van der Waals surface area contributed by atoms with Crippen molar-refractivity contribution >= 4 is 45.7 Å².